The highest BCUT2D eigenvalue weighted by molar-refractivity contribution is 9.10. The molecule has 31 heavy (non-hydrogen) atoms. The molecule has 0 aromatic heterocycles. The predicted octanol–water partition coefficient (Wildman–Crippen LogP) is 5.23. The number of rotatable bonds is 10. The Morgan fingerprint density at radius 3 is 2.55 bits per heavy atom. The molecule has 2 rings (SSSR count). The van der Waals surface area contributed by atoms with E-state index in [9.17, 15) is 4.79 Å². The third kappa shape index (κ3) is 8.03. The van der Waals surface area contributed by atoms with Gasteiger partial charge in [-0.05, 0) is 68.4 Å². The zero-order valence-electron chi connectivity index (χ0n) is 18.3. The van der Waals surface area contributed by atoms with Gasteiger partial charge in [0.2, 0.25) is 0 Å². The van der Waals surface area contributed by atoms with Gasteiger partial charge >= 0.3 is 0 Å². The van der Waals surface area contributed by atoms with E-state index in [1.165, 1.54) is 0 Å². The minimum Gasteiger partial charge on any atom is -0.493 e. The molecule has 0 saturated heterocycles. The molecule has 0 spiro atoms. The van der Waals surface area contributed by atoms with Gasteiger partial charge in [-0.1, -0.05) is 35.3 Å². The molecule has 168 valence electrons. The Hall–Kier alpha value is -2.32. The van der Waals surface area contributed by atoms with Gasteiger partial charge in [0.25, 0.3) is 5.91 Å². The van der Waals surface area contributed by atoms with Crippen molar-refractivity contribution in [3.63, 3.8) is 0 Å². The summed E-state index contributed by atoms with van der Waals surface area (Å²) < 4.78 is 17.7. The van der Waals surface area contributed by atoms with Crippen molar-refractivity contribution in [2.24, 2.45) is 0 Å². The van der Waals surface area contributed by atoms with Crippen molar-refractivity contribution < 1.29 is 19.0 Å². The van der Waals surface area contributed by atoms with E-state index in [0.717, 1.165) is 22.9 Å². The van der Waals surface area contributed by atoms with Crippen LogP contribution < -0.4 is 24.8 Å². The number of carbonyl (C=O) groups is 1. The summed E-state index contributed by atoms with van der Waals surface area (Å²) in [6, 6.07) is 11.0. The molecule has 2 N–H and O–H groups in total. The number of hydrogen-bond acceptors (Lipinski definition) is 5. The number of halogens is 1. The lowest BCUT2D eigenvalue weighted by Gasteiger charge is -2.16. The highest BCUT2D eigenvalue weighted by Gasteiger charge is 2.16. The maximum atomic E-state index is 12.7. The van der Waals surface area contributed by atoms with Crippen LogP contribution in [0.1, 0.15) is 49.5 Å². The smallest absolute Gasteiger partial charge is 0.261 e. The molecule has 6 nitrogen and oxygen atoms in total. The van der Waals surface area contributed by atoms with E-state index in [-0.39, 0.29) is 17.1 Å². The first-order chi connectivity index (χ1) is 14.8. The summed E-state index contributed by atoms with van der Waals surface area (Å²) in [7, 11) is 1.61. The van der Waals surface area contributed by atoms with Gasteiger partial charge in [0.15, 0.2) is 16.6 Å². The number of unbranched alkanes of at least 4 members (excludes halogenated alkanes) is 1. The molecule has 0 bridgehead atoms. The topological polar surface area (TPSA) is 68.8 Å². The summed E-state index contributed by atoms with van der Waals surface area (Å²) in [5.74, 6) is 1.53. The van der Waals surface area contributed by atoms with Gasteiger partial charge in [-0.2, -0.15) is 0 Å². The number of methoxy groups -OCH3 is 1. The van der Waals surface area contributed by atoms with Crippen molar-refractivity contribution in [2.75, 3.05) is 13.7 Å². The number of ether oxygens (including phenoxy) is 3. The molecule has 1 amide bonds. The molecule has 0 heterocycles. The van der Waals surface area contributed by atoms with Crippen LogP contribution in [-0.4, -0.2) is 30.8 Å². The summed E-state index contributed by atoms with van der Waals surface area (Å²) in [5, 5.41) is 5.98. The Labute approximate surface area is 197 Å². The van der Waals surface area contributed by atoms with Crippen LogP contribution in [0, 0.1) is 0 Å². The van der Waals surface area contributed by atoms with Gasteiger partial charge in [-0.3, -0.25) is 10.1 Å². The first-order valence-electron chi connectivity index (χ1n) is 10.2. The lowest BCUT2D eigenvalue weighted by atomic mass is 10.2. The quantitative estimate of drug-likeness (QED) is 0.338. The second-order valence-corrected chi connectivity index (χ2v) is 8.46. The van der Waals surface area contributed by atoms with Crippen LogP contribution in [0.2, 0.25) is 0 Å². The second-order valence-electron chi connectivity index (χ2n) is 7.13. The van der Waals surface area contributed by atoms with Crippen LogP contribution in [0.3, 0.4) is 0 Å². The fraction of sp³-hybridized carbons (Fsp3) is 0.391. The Kier molecular flexibility index (Phi) is 10.1. The zero-order chi connectivity index (χ0) is 22.8. The molecule has 2 aromatic rings. The molecule has 8 heteroatoms. The van der Waals surface area contributed by atoms with Gasteiger partial charge in [0, 0.05) is 11.0 Å². The van der Waals surface area contributed by atoms with Crippen molar-refractivity contribution in [3.05, 3.63) is 52.0 Å². The normalized spacial score (nSPS) is 10.5. The Balaban J connectivity index is 1.97. The van der Waals surface area contributed by atoms with Gasteiger partial charge in [0.1, 0.15) is 5.75 Å². The van der Waals surface area contributed by atoms with E-state index in [4.69, 9.17) is 26.4 Å². The molecule has 0 unspecified atom stereocenters. The first kappa shape index (κ1) is 24.9. The SMILES string of the molecule is CCCCOc1ccc(CNC(=S)NC(=O)c2cc(Br)ccc2OC(C)C)cc1OC. The Bertz CT molecular complexity index is 905. The van der Waals surface area contributed by atoms with Gasteiger partial charge in [-0.15, -0.1) is 0 Å². The summed E-state index contributed by atoms with van der Waals surface area (Å²) in [5.41, 5.74) is 1.35. The van der Waals surface area contributed by atoms with Crippen LogP contribution in [0.15, 0.2) is 40.9 Å². The van der Waals surface area contributed by atoms with Crippen molar-refractivity contribution in [1.82, 2.24) is 10.6 Å². The Morgan fingerprint density at radius 2 is 1.87 bits per heavy atom. The fourth-order valence-corrected chi connectivity index (χ4v) is 3.23. The number of carbonyl (C=O) groups excluding carboxylic acids is 1. The van der Waals surface area contributed by atoms with Gasteiger partial charge in [-0.25, -0.2) is 0 Å². The van der Waals surface area contributed by atoms with Crippen LogP contribution in [0.5, 0.6) is 17.2 Å². The van der Waals surface area contributed by atoms with Gasteiger partial charge < -0.3 is 19.5 Å². The average molecular weight is 509 g/mol. The van der Waals surface area contributed by atoms with Crippen LogP contribution in [0.25, 0.3) is 0 Å². The number of thiocarbonyl (C=S) groups is 1. The second kappa shape index (κ2) is 12.5. The number of hydrogen-bond donors (Lipinski definition) is 2. The highest BCUT2D eigenvalue weighted by Crippen LogP contribution is 2.28. The van der Waals surface area contributed by atoms with Crippen LogP contribution in [-0.2, 0) is 6.54 Å². The van der Waals surface area contributed by atoms with E-state index in [2.05, 4.69) is 33.5 Å². The third-order valence-electron chi connectivity index (χ3n) is 4.21. The molecule has 0 saturated carbocycles. The van der Waals surface area contributed by atoms with Crippen molar-refractivity contribution in [2.45, 2.75) is 46.3 Å². The molecular weight excluding hydrogens is 480 g/mol. The molecule has 0 aliphatic carbocycles. The third-order valence-corrected chi connectivity index (χ3v) is 4.95. The maximum Gasteiger partial charge on any atom is 0.261 e. The molecule has 0 aliphatic heterocycles. The molecule has 2 aromatic carbocycles. The lowest BCUT2D eigenvalue weighted by Crippen LogP contribution is -2.39. The maximum absolute atomic E-state index is 12.7. The minimum atomic E-state index is -0.341. The summed E-state index contributed by atoms with van der Waals surface area (Å²) in [4.78, 5) is 12.7. The zero-order valence-corrected chi connectivity index (χ0v) is 20.7. The molecular formula is C23H29BrN2O4S. The van der Waals surface area contributed by atoms with E-state index >= 15 is 0 Å². The van der Waals surface area contributed by atoms with Crippen LogP contribution >= 0.6 is 28.1 Å². The van der Waals surface area contributed by atoms with E-state index < -0.39 is 0 Å². The average Bonchev–Trinajstić information content (AvgIpc) is 2.73. The number of benzene rings is 2. The number of nitrogens with one attached hydrogen (secondary N) is 2. The van der Waals surface area contributed by atoms with Crippen molar-refractivity contribution >= 4 is 39.2 Å². The fourth-order valence-electron chi connectivity index (χ4n) is 2.70. The van der Waals surface area contributed by atoms with Crippen molar-refractivity contribution in [3.8, 4) is 17.2 Å². The van der Waals surface area contributed by atoms with Gasteiger partial charge in [0.05, 0.1) is 25.4 Å². The highest BCUT2D eigenvalue weighted by atomic mass is 79.9. The summed E-state index contributed by atoms with van der Waals surface area (Å²) in [6.45, 7) is 7.01. The summed E-state index contributed by atoms with van der Waals surface area (Å²) in [6.07, 6.45) is 2.00. The monoisotopic (exact) mass is 508 g/mol. The minimum absolute atomic E-state index is 0.0540. The number of amides is 1. The standard InChI is InChI=1S/C23H29BrN2O4S/c1-5-6-11-29-20-9-7-16(12-21(20)28-4)14-25-23(31)26-22(27)18-13-17(24)8-10-19(18)30-15(2)3/h7-10,12-13,15H,5-6,11,14H2,1-4H3,(H2,25,26,27,31). The van der Waals surface area contributed by atoms with Crippen LogP contribution in [0.4, 0.5) is 0 Å². The Morgan fingerprint density at radius 1 is 1.13 bits per heavy atom. The molecule has 0 fully saturated rings. The molecule has 0 radical (unpaired) electrons. The van der Waals surface area contributed by atoms with E-state index in [1.54, 1.807) is 19.2 Å². The molecule has 0 aliphatic rings. The molecule has 0 atom stereocenters. The van der Waals surface area contributed by atoms with E-state index in [1.807, 2.05) is 38.1 Å². The van der Waals surface area contributed by atoms with E-state index in [0.29, 0.717) is 36.0 Å². The largest absolute Gasteiger partial charge is 0.493 e. The first-order valence-corrected chi connectivity index (χ1v) is 11.4. The lowest BCUT2D eigenvalue weighted by molar-refractivity contribution is 0.0970. The van der Waals surface area contributed by atoms with Crippen molar-refractivity contribution in [1.29, 1.82) is 0 Å². The summed E-state index contributed by atoms with van der Waals surface area (Å²) >= 11 is 8.69. The predicted molar refractivity (Wildman–Crippen MR) is 130 cm³/mol.